The zero-order valence-electron chi connectivity index (χ0n) is 7.89. The summed E-state index contributed by atoms with van der Waals surface area (Å²) in [6, 6.07) is 7.88. The molecule has 0 N–H and O–H groups in total. The molecule has 0 saturated carbocycles. The number of hydrogen-bond acceptors (Lipinski definition) is 0. The highest BCUT2D eigenvalue weighted by atomic mass is 28.3. The minimum Gasteiger partial charge on any atom is -0.246 e. The van der Waals surface area contributed by atoms with Gasteiger partial charge >= 0.3 is 0 Å². The smallest absolute Gasteiger partial charge is 0.115 e. The highest BCUT2D eigenvalue weighted by Crippen LogP contribution is 2.05. The third kappa shape index (κ3) is 2.17. The monoisotopic (exact) mass is 182 g/mol. The Morgan fingerprint density at radius 1 is 1.08 bits per heavy atom. The van der Waals surface area contributed by atoms with Crippen molar-refractivity contribution in [3.8, 4) is 0 Å². The van der Waals surface area contributed by atoms with Crippen LogP contribution in [-0.2, 0) is 6.67 Å². The van der Waals surface area contributed by atoms with E-state index in [0.717, 1.165) is 5.56 Å². The molecule has 0 nitrogen and oxygen atoms in total. The van der Waals surface area contributed by atoms with E-state index >= 15 is 0 Å². The second-order valence-corrected chi connectivity index (χ2v) is 9.16. The number of rotatable bonds is 2. The molecule has 1 aromatic carbocycles. The Morgan fingerprint density at radius 2 is 1.58 bits per heavy atom. The van der Waals surface area contributed by atoms with E-state index in [0.29, 0.717) is 0 Å². The van der Waals surface area contributed by atoms with E-state index in [1.165, 1.54) is 5.19 Å². The van der Waals surface area contributed by atoms with Gasteiger partial charge in [-0.3, -0.25) is 0 Å². The van der Waals surface area contributed by atoms with Crippen LogP contribution in [0.3, 0.4) is 0 Å². The predicted molar refractivity (Wildman–Crippen MR) is 54.2 cm³/mol. The molecule has 2 heteroatoms. The van der Waals surface area contributed by atoms with Crippen molar-refractivity contribution in [2.75, 3.05) is 0 Å². The third-order valence-electron chi connectivity index (χ3n) is 1.97. The minimum atomic E-state index is -1.19. The van der Waals surface area contributed by atoms with Crippen LogP contribution in [0.5, 0.6) is 0 Å². The molecule has 0 aliphatic rings. The van der Waals surface area contributed by atoms with Crippen LogP contribution in [0.1, 0.15) is 5.56 Å². The number of alkyl halides is 1. The summed E-state index contributed by atoms with van der Waals surface area (Å²) in [7, 11) is -1.19. The number of hydrogen-bond donors (Lipinski definition) is 0. The molecule has 12 heavy (non-hydrogen) atoms. The van der Waals surface area contributed by atoms with Gasteiger partial charge in [0.05, 0.1) is 8.07 Å². The first-order valence-corrected chi connectivity index (χ1v) is 7.69. The van der Waals surface area contributed by atoms with E-state index in [4.69, 9.17) is 0 Å². The van der Waals surface area contributed by atoms with Gasteiger partial charge in [-0.15, -0.1) is 0 Å². The normalized spacial score (nSPS) is 11.7. The standard InChI is InChI=1S/C10H15FSi/c1-12(2,3)10-6-4-9(8-11)5-7-10/h4-7H,8H2,1-3H3. The van der Waals surface area contributed by atoms with E-state index in [1.54, 1.807) is 0 Å². The largest absolute Gasteiger partial charge is 0.246 e. The SMILES string of the molecule is C[Si](C)(C)c1ccc(CF)cc1. The molecule has 1 aromatic rings. The lowest BCUT2D eigenvalue weighted by molar-refractivity contribution is 0.485. The van der Waals surface area contributed by atoms with Gasteiger partial charge in [-0.2, -0.15) is 0 Å². The van der Waals surface area contributed by atoms with Gasteiger partial charge in [-0.1, -0.05) is 49.1 Å². The van der Waals surface area contributed by atoms with Crippen LogP contribution in [0.15, 0.2) is 24.3 Å². The van der Waals surface area contributed by atoms with Gasteiger partial charge in [0.2, 0.25) is 0 Å². The predicted octanol–water partition coefficient (Wildman–Crippen LogP) is 2.70. The van der Waals surface area contributed by atoms with Gasteiger partial charge in [-0.05, 0) is 5.56 Å². The van der Waals surface area contributed by atoms with Crippen molar-refractivity contribution in [3.05, 3.63) is 29.8 Å². The Morgan fingerprint density at radius 3 is 1.92 bits per heavy atom. The summed E-state index contributed by atoms with van der Waals surface area (Å²) in [5.41, 5.74) is 0.775. The molecule has 0 aliphatic carbocycles. The Labute approximate surface area is 74.4 Å². The first-order chi connectivity index (χ1) is 5.54. The van der Waals surface area contributed by atoms with Crippen molar-refractivity contribution in [2.45, 2.75) is 26.3 Å². The number of benzene rings is 1. The van der Waals surface area contributed by atoms with Gasteiger partial charge < -0.3 is 0 Å². The molecule has 0 saturated heterocycles. The molecule has 0 radical (unpaired) electrons. The van der Waals surface area contributed by atoms with E-state index in [1.807, 2.05) is 12.1 Å². The quantitative estimate of drug-likeness (QED) is 0.617. The first kappa shape index (κ1) is 9.45. The van der Waals surface area contributed by atoms with Crippen molar-refractivity contribution >= 4 is 13.3 Å². The van der Waals surface area contributed by atoms with E-state index in [2.05, 4.69) is 31.8 Å². The molecule has 1 rings (SSSR count). The molecule has 0 heterocycles. The van der Waals surface area contributed by atoms with Crippen LogP contribution < -0.4 is 5.19 Å². The highest BCUT2D eigenvalue weighted by Gasteiger charge is 2.15. The van der Waals surface area contributed by atoms with Crippen LogP contribution in [-0.4, -0.2) is 8.07 Å². The van der Waals surface area contributed by atoms with Crippen molar-refractivity contribution < 1.29 is 4.39 Å². The van der Waals surface area contributed by atoms with Gasteiger partial charge in [0, 0.05) is 0 Å². The van der Waals surface area contributed by atoms with Gasteiger partial charge in [0.1, 0.15) is 6.67 Å². The Bertz CT molecular complexity index is 246. The topological polar surface area (TPSA) is 0 Å². The Kier molecular flexibility index (Phi) is 2.68. The minimum absolute atomic E-state index is 0.355. The lowest BCUT2D eigenvalue weighted by Crippen LogP contribution is -2.37. The highest BCUT2D eigenvalue weighted by molar-refractivity contribution is 6.88. The van der Waals surface area contributed by atoms with Gasteiger partial charge in [-0.25, -0.2) is 4.39 Å². The molecule has 0 unspecified atom stereocenters. The Hall–Kier alpha value is -0.633. The molecule has 0 fully saturated rings. The lowest BCUT2D eigenvalue weighted by atomic mass is 10.2. The fourth-order valence-corrected chi connectivity index (χ4v) is 2.26. The molecule has 0 atom stereocenters. The van der Waals surface area contributed by atoms with Crippen molar-refractivity contribution in [1.29, 1.82) is 0 Å². The maximum atomic E-state index is 12.2. The molecule has 0 bridgehead atoms. The lowest BCUT2D eigenvalue weighted by Gasteiger charge is -2.16. The zero-order chi connectivity index (χ0) is 9.19. The number of halogens is 1. The zero-order valence-corrected chi connectivity index (χ0v) is 8.89. The molecule has 0 amide bonds. The van der Waals surface area contributed by atoms with Gasteiger partial charge in [0.25, 0.3) is 0 Å². The maximum Gasteiger partial charge on any atom is 0.115 e. The molecule has 0 spiro atoms. The van der Waals surface area contributed by atoms with Crippen LogP contribution >= 0.6 is 0 Å². The Balaban J connectivity index is 2.93. The van der Waals surface area contributed by atoms with Crippen LogP contribution in [0, 0.1) is 0 Å². The summed E-state index contributed by atoms with van der Waals surface area (Å²) in [5, 5.41) is 1.39. The molecular formula is C10H15FSi. The summed E-state index contributed by atoms with van der Waals surface area (Å²) in [5.74, 6) is 0. The molecule has 0 aromatic heterocycles. The summed E-state index contributed by atoms with van der Waals surface area (Å²) in [6.45, 7) is 6.51. The van der Waals surface area contributed by atoms with E-state index in [9.17, 15) is 4.39 Å². The fraction of sp³-hybridized carbons (Fsp3) is 0.400. The van der Waals surface area contributed by atoms with Crippen LogP contribution in [0.4, 0.5) is 4.39 Å². The second kappa shape index (κ2) is 3.40. The van der Waals surface area contributed by atoms with Crippen LogP contribution in [0.25, 0.3) is 0 Å². The average Bonchev–Trinajstić information content (AvgIpc) is 2.03. The summed E-state index contributed by atoms with van der Waals surface area (Å²) >= 11 is 0. The van der Waals surface area contributed by atoms with E-state index < -0.39 is 8.07 Å². The fourth-order valence-electron chi connectivity index (χ4n) is 1.09. The van der Waals surface area contributed by atoms with Crippen molar-refractivity contribution in [1.82, 2.24) is 0 Å². The van der Waals surface area contributed by atoms with Crippen molar-refractivity contribution in [2.24, 2.45) is 0 Å². The van der Waals surface area contributed by atoms with E-state index in [-0.39, 0.29) is 6.67 Å². The summed E-state index contributed by atoms with van der Waals surface area (Å²) in [6.07, 6.45) is 0. The second-order valence-electron chi connectivity index (χ2n) is 4.08. The first-order valence-electron chi connectivity index (χ1n) is 4.19. The van der Waals surface area contributed by atoms with Gasteiger partial charge in [0.15, 0.2) is 0 Å². The molecule has 66 valence electrons. The van der Waals surface area contributed by atoms with Crippen LogP contribution in [0.2, 0.25) is 19.6 Å². The molecular weight excluding hydrogens is 167 g/mol. The maximum absolute atomic E-state index is 12.2. The molecule has 0 aliphatic heterocycles. The average molecular weight is 182 g/mol. The summed E-state index contributed by atoms with van der Waals surface area (Å²) < 4.78 is 12.2. The van der Waals surface area contributed by atoms with Crippen molar-refractivity contribution in [3.63, 3.8) is 0 Å². The third-order valence-corrected chi connectivity index (χ3v) is 4.04. The summed E-state index contributed by atoms with van der Waals surface area (Å²) in [4.78, 5) is 0.